The summed E-state index contributed by atoms with van der Waals surface area (Å²) in [6.07, 6.45) is 0. The maximum Gasteiger partial charge on any atom is 0.326 e. The van der Waals surface area contributed by atoms with E-state index >= 15 is 0 Å². The third kappa shape index (κ3) is 4.09. The van der Waals surface area contributed by atoms with Crippen molar-refractivity contribution in [2.45, 2.75) is 13.8 Å². The molecule has 1 N–H and O–H groups in total. The predicted molar refractivity (Wildman–Crippen MR) is 107 cm³/mol. The number of urea groups is 1. The number of hydrogen-bond acceptors (Lipinski definition) is 7. The number of fused-ring (bicyclic) bond motifs is 1. The van der Waals surface area contributed by atoms with Gasteiger partial charge in [-0.1, -0.05) is 0 Å². The van der Waals surface area contributed by atoms with Crippen molar-refractivity contribution in [3.05, 3.63) is 41.2 Å². The van der Waals surface area contributed by atoms with Gasteiger partial charge < -0.3 is 23.7 Å². The summed E-state index contributed by atoms with van der Waals surface area (Å²) in [4.78, 5) is 48.3. The third-order valence-corrected chi connectivity index (χ3v) is 5.07. The fourth-order valence-corrected chi connectivity index (χ4v) is 3.65. The SMILES string of the molecule is Cc1cc(C(=O)COC(=O)CN2CC(=O)NC2=O)c(C)n1-c1ccc2c(c1)OCCO2. The number of nitrogens with one attached hydrogen (secondary N) is 1. The number of hydrogen-bond donors (Lipinski definition) is 1. The van der Waals surface area contributed by atoms with Gasteiger partial charge in [0.25, 0.3) is 0 Å². The van der Waals surface area contributed by atoms with E-state index in [-0.39, 0.29) is 12.3 Å². The van der Waals surface area contributed by atoms with Crippen LogP contribution in [0, 0.1) is 13.8 Å². The Morgan fingerprint density at radius 1 is 1.10 bits per heavy atom. The molecule has 1 fully saturated rings. The molecule has 0 radical (unpaired) electrons. The maximum atomic E-state index is 12.7. The zero-order valence-corrected chi connectivity index (χ0v) is 17.1. The first kappa shape index (κ1) is 20.5. The molecule has 3 amide bonds. The number of aromatic nitrogens is 1. The van der Waals surface area contributed by atoms with E-state index in [1.54, 1.807) is 13.0 Å². The fourth-order valence-electron chi connectivity index (χ4n) is 3.65. The lowest BCUT2D eigenvalue weighted by atomic mass is 10.1. The van der Waals surface area contributed by atoms with Crippen LogP contribution in [0.1, 0.15) is 21.7 Å². The predicted octanol–water partition coefficient (Wildman–Crippen LogP) is 1.14. The van der Waals surface area contributed by atoms with Crippen molar-refractivity contribution in [2.24, 2.45) is 0 Å². The Morgan fingerprint density at radius 3 is 2.55 bits per heavy atom. The smallest absolute Gasteiger partial charge is 0.326 e. The van der Waals surface area contributed by atoms with Crippen LogP contribution in [0.4, 0.5) is 4.79 Å². The summed E-state index contributed by atoms with van der Waals surface area (Å²) in [5, 5.41) is 2.07. The van der Waals surface area contributed by atoms with Crippen LogP contribution in [-0.4, -0.2) is 66.1 Å². The summed E-state index contributed by atoms with van der Waals surface area (Å²) in [7, 11) is 0. The molecule has 1 aromatic heterocycles. The van der Waals surface area contributed by atoms with Gasteiger partial charge in [0, 0.05) is 28.7 Å². The Bertz CT molecular complexity index is 1090. The summed E-state index contributed by atoms with van der Waals surface area (Å²) in [6, 6.07) is 6.63. The van der Waals surface area contributed by atoms with Gasteiger partial charge >= 0.3 is 12.0 Å². The molecule has 162 valence electrons. The average molecular weight is 427 g/mol. The Balaban J connectivity index is 1.44. The minimum atomic E-state index is -0.765. The van der Waals surface area contributed by atoms with Crippen LogP contribution in [-0.2, 0) is 14.3 Å². The molecular weight excluding hydrogens is 406 g/mol. The number of carbonyl (C=O) groups excluding carboxylic acids is 4. The zero-order valence-electron chi connectivity index (χ0n) is 17.1. The van der Waals surface area contributed by atoms with Crippen LogP contribution in [0.5, 0.6) is 11.5 Å². The van der Waals surface area contributed by atoms with Crippen molar-refractivity contribution in [1.29, 1.82) is 0 Å². The van der Waals surface area contributed by atoms with Crippen molar-refractivity contribution >= 4 is 23.7 Å². The number of Topliss-reactive ketones (excluding diaryl/α,β-unsaturated/α-hetero) is 1. The molecule has 2 aromatic rings. The summed E-state index contributed by atoms with van der Waals surface area (Å²) in [5.41, 5.74) is 2.77. The molecule has 0 bridgehead atoms. The molecule has 0 saturated carbocycles. The highest BCUT2D eigenvalue weighted by molar-refractivity contribution is 6.03. The van der Waals surface area contributed by atoms with Gasteiger partial charge in [-0.2, -0.15) is 0 Å². The van der Waals surface area contributed by atoms with Gasteiger partial charge in [0.15, 0.2) is 18.1 Å². The molecule has 3 heterocycles. The lowest BCUT2D eigenvalue weighted by Gasteiger charge is -2.20. The van der Waals surface area contributed by atoms with E-state index in [2.05, 4.69) is 5.32 Å². The monoisotopic (exact) mass is 427 g/mol. The lowest BCUT2D eigenvalue weighted by molar-refractivity contribution is -0.143. The number of ketones is 1. The lowest BCUT2D eigenvalue weighted by Crippen LogP contribution is -2.34. The van der Waals surface area contributed by atoms with Crippen LogP contribution in [0.15, 0.2) is 24.3 Å². The molecular formula is C21H21N3O7. The first-order valence-electron chi connectivity index (χ1n) is 9.70. The second-order valence-electron chi connectivity index (χ2n) is 7.24. The molecule has 2 aliphatic rings. The minimum absolute atomic E-state index is 0.210. The number of nitrogens with zero attached hydrogens (tertiary/aromatic N) is 2. The van der Waals surface area contributed by atoms with Crippen molar-refractivity contribution in [1.82, 2.24) is 14.8 Å². The van der Waals surface area contributed by atoms with Crippen LogP contribution in [0.25, 0.3) is 5.69 Å². The van der Waals surface area contributed by atoms with Crippen molar-refractivity contribution in [2.75, 3.05) is 32.9 Å². The standard InChI is InChI=1S/C21H21N3O7/c1-12-7-15(16(25)11-31-20(27)10-23-9-19(26)22-21(23)28)13(2)24(12)14-3-4-17-18(8-14)30-6-5-29-17/h3-4,7-8H,5-6,9-11H2,1-2H3,(H,22,26,28). The second-order valence-corrected chi connectivity index (χ2v) is 7.24. The van der Waals surface area contributed by atoms with Crippen molar-refractivity contribution < 1.29 is 33.4 Å². The number of amides is 3. The van der Waals surface area contributed by atoms with Crippen LogP contribution in [0.3, 0.4) is 0 Å². The Labute approximate surface area is 177 Å². The number of ether oxygens (including phenoxy) is 3. The summed E-state index contributed by atoms with van der Waals surface area (Å²) < 4.78 is 18.1. The third-order valence-electron chi connectivity index (χ3n) is 5.07. The van der Waals surface area contributed by atoms with Crippen molar-refractivity contribution in [3.63, 3.8) is 0 Å². The maximum absolute atomic E-state index is 12.7. The van der Waals surface area contributed by atoms with Crippen LogP contribution >= 0.6 is 0 Å². The number of imide groups is 1. The van der Waals surface area contributed by atoms with E-state index in [4.69, 9.17) is 14.2 Å². The van der Waals surface area contributed by atoms with Gasteiger partial charge in [-0.05, 0) is 32.0 Å². The Hall–Kier alpha value is -3.82. The molecule has 1 saturated heterocycles. The highest BCUT2D eigenvalue weighted by Gasteiger charge is 2.29. The molecule has 0 atom stereocenters. The topological polar surface area (TPSA) is 116 Å². The van der Waals surface area contributed by atoms with E-state index in [1.165, 1.54) is 0 Å². The summed E-state index contributed by atoms with van der Waals surface area (Å²) in [6.45, 7) is 3.58. The highest BCUT2D eigenvalue weighted by atomic mass is 16.6. The van der Waals surface area contributed by atoms with E-state index in [1.807, 2.05) is 29.7 Å². The summed E-state index contributed by atoms with van der Waals surface area (Å²) >= 11 is 0. The van der Waals surface area contributed by atoms with Gasteiger partial charge in [-0.25, -0.2) is 4.79 Å². The molecule has 1 aromatic carbocycles. The first-order chi connectivity index (χ1) is 14.8. The van der Waals surface area contributed by atoms with E-state index in [0.29, 0.717) is 36.0 Å². The average Bonchev–Trinajstić information content (AvgIpc) is 3.22. The minimum Gasteiger partial charge on any atom is -0.486 e. The van der Waals surface area contributed by atoms with Crippen molar-refractivity contribution in [3.8, 4) is 17.2 Å². The molecule has 0 spiro atoms. The Kier molecular flexibility index (Phi) is 5.37. The number of carbonyl (C=O) groups is 4. The molecule has 10 heteroatoms. The number of rotatable bonds is 6. The molecule has 10 nitrogen and oxygen atoms in total. The number of aryl methyl sites for hydroxylation is 1. The van der Waals surface area contributed by atoms with Gasteiger partial charge in [0.05, 0.1) is 0 Å². The van der Waals surface area contributed by atoms with E-state index in [9.17, 15) is 19.2 Å². The molecule has 2 aliphatic heterocycles. The van der Waals surface area contributed by atoms with Crippen LogP contribution in [0.2, 0.25) is 0 Å². The largest absolute Gasteiger partial charge is 0.486 e. The van der Waals surface area contributed by atoms with E-state index < -0.39 is 31.1 Å². The first-order valence-corrected chi connectivity index (χ1v) is 9.70. The van der Waals surface area contributed by atoms with Crippen LogP contribution < -0.4 is 14.8 Å². The normalized spacial score (nSPS) is 15.1. The van der Waals surface area contributed by atoms with Gasteiger partial charge in [-0.3, -0.25) is 19.7 Å². The fraction of sp³-hybridized carbons (Fsp3) is 0.333. The molecule has 4 rings (SSSR count). The Morgan fingerprint density at radius 2 is 1.84 bits per heavy atom. The second kappa shape index (κ2) is 8.13. The molecule has 0 unspecified atom stereocenters. The highest BCUT2D eigenvalue weighted by Crippen LogP contribution is 2.33. The number of esters is 1. The number of benzene rings is 1. The molecule has 0 aliphatic carbocycles. The molecule has 31 heavy (non-hydrogen) atoms. The van der Waals surface area contributed by atoms with Gasteiger partial charge in [-0.15, -0.1) is 0 Å². The summed E-state index contributed by atoms with van der Waals surface area (Å²) in [5.74, 6) is -0.303. The van der Waals surface area contributed by atoms with Gasteiger partial charge in [0.1, 0.15) is 26.3 Å². The zero-order chi connectivity index (χ0) is 22.1. The van der Waals surface area contributed by atoms with E-state index in [0.717, 1.165) is 16.3 Å². The van der Waals surface area contributed by atoms with Gasteiger partial charge in [0.2, 0.25) is 11.7 Å². The quantitative estimate of drug-likeness (QED) is 0.418.